The standard InChI is InChI=1S/C16H19BrF3N5O2/c1-3-27-8-24-7-11(6-21-24)22-15(26)9(2)25-13(10-4-5-10)12(17)14(23-25)16(18,19)20/h6-7,9-10H,3-5,8H2,1-2H3,(H,22,26). The summed E-state index contributed by atoms with van der Waals surface area (Å²) in [4.78, 5) is 12.6. The molecule has 1 saturated carbocycles. The van der Waals surface area contributed by atoms with Gasteiger partial charge in [-0.1, -0.05) is 0 Å². The lowest BCUT2D eigenvalue weighted by atomic mass is 10.2. The molecule has 0 saturated heterocycles. The van der Waals surface area contributed by atoms with Crippen molar-refractivity contribution in [1.82, 2.24) is 19.6 Å². The van der Waals surface area contributed by atoms with Gasteiger partial charge in [0.05, 0.1) is 28.2 Å². The number of ether oxygens (including phenoxy) is 1. The molecule has 0 spiro atoms. The van der Waals surface area contributed by atoms with E-state index in [1.165, 1.54) is 22.5 Å². The summed E-state index contributed by atoms with van der Waals surface area (Å²) in [6.07, 6.45) is -0.00157. The van der Waals surface area contributed by atoms with Crippen molar-refractivity contribution in [3.05, 3.63) is 28.3 Å². The van der Waals surface area contributed by atoms with Crippen LogP contribution in [0.4, 0.5) is 18.9 Å². The number of carbonyl (C=O) groups excluding carboxylic acids is 1. The Labute approximate surface area is 162 Å². The summed E-state index contributed by atoms with van der Waals surface area (Å²) in [7, 11) is 0. The van der Waals surface area contributed by atoms with Crippen molar-refractivity contribution in [2.75, 3.05) is 11.9 Å². The fourth-order valence-corrected chi connectivity index (χ4v) is 3.48. The number of aromatic nitrogens is 4. The van der Waals surface area contributed by atoms with Gasteiger partial charge in [-0.3, -0.25) is 9.48 Å². The first-order valence-electron chi connectivity index (χ1n) is 8.48. The molecule has 1 fully saturated rings. The zero-order valence-corrected chi connectivity index (χ0v) is 16.3. The predicted octanol–water partition coefficient (Wildman–Crippen LogP) is 3.93. The molecule has 148 valence electrons. The fraction of sp³-hybridized carbons (Fsp3) is 0.562. The quantitative estimate of drug-likeness (QED) is 0.694. The molecule has 1 unspecified atom stereocenters. The number of halogens is 4. The third-order valence-electron chi connectivity index (χ3n) is 4.19. The van der Waals surface area contributed by atoms with Gasteiger partial charge in [-0.2, -0.15) is 23.4 Å². The van der Waals surface area contributed by atoms with Crippen molar-refractivity contribution < 1.29 is 22.7 Å². The molecule has 3 rings (SSSR count). The Bertz CT molecular complexity index is 829. The van der Waals surface area contributed by atoms with E-state index in [9.17, 15) is 18.0 Å². The third-order valence-corrected chi connectivity index (χ3v) is 4.98. The molecule has 0 aromatic carbocycles. The Hall–Kier alpha value is -1.88. The Morgan fingerprint density at radius 3 is 2.78 bits per heavy atom. The summed E-state index contributed by atoms with van der Waals surface area (Å²) >= 11 is 3.03. The van der Waals surface area contributed by atoms with Crippen LogP contribution in [0, 0.1) is 0 Å². The summed E-state index contributed by atoms with van der Waals surface area (Å²) in [5.41, 5.74) is -0.160. The Morgan fingerprint density at radius 2 is 2.19 bits per heavy atom. The topological polar surface area (TPSA) is 74.0 Å². The van der Waals surface area contributed by atoms with E-state index >= 15 is 0 Å². The number of amides is 1. The van der Waals surface area contributed by atoms with Crippen molar-refractivity contribution >= 4 is 27.5 Å². The van der Waals surface area contributed by atoms with E-state index in [1.54, 1.807) is 6.20 Å². The molecular weight excluding hydrogens is 431 g/mol. The summed E-state index contributed by atoms with van der Waals surface area (Å²) in [6, 6.07) is -0.914. The lowest BCUT2D eigenvalue weighted by molar-refractivity contribution is -0.142. The third kappa shape index (κ3) is 4.34. The van der Waals surface area contributed by atoms with Crippen molar-refractivity contribution in [3.8, 4) is 0 Å². The molecule has 1 N–H and O–H groups in total. The SMILES string of the molecule is CCOCn1cc(NC(=O)C(C)n2nc(C(F)(F)F)c(Br)c2C2CC2)cn1. The highest BCUT2D eigenvalue weighted by molar-refractivity contribution is 9.10. The highest BCUT2D eigenvalue weighted by atomic mass is 79.9. The van der Waals surface area contributed by atoms with E-state index in [0.717, 1.165) is 12.8 Å². The lowest BCUT2D eigenvalue weighted by Gasteiger charge is -2.15. The molecule has 7 nitrogen and oxygen atoms in total. The maximum Gasteiger partial charge on any atom is 0.436 e. The average molecular weight is 450 g/mol. The van der Waals surface area contributed by atoms with Gasteiger partial charge >= 0.3 is 6.18 Å². The molecule has 2 aromatic heterocycles. The van der Waals surface area contributed by atoms with E-state index in [0.29, 0.717) is 18.0 Å². The summed E-state index contributed by atoms with van der Waals surface area (Å²) < 4.78 is 47.4. The number of anilines is 1. The highest BCUT2D eigenvalue weighted by Crippen LogP contribution is 2.47. The van der Waals surface area contributed by atoms with Gasteiger partial charge in [-0.05, 0) is 42.6 Å². The van der Waals surface area contributed by atoms with E-state index in [1.807, 2.05) is 6.92 Å². The number of nitrogens with zero attached hydrogens (tertiary/aromatic N) is 4. The van der Waals surface area contributed by atoms with Gasteiger partial charge in [-0.15, -0.1) is 0 Å². The van der Waals surface area contributed by atoms with Crippen molar-refractivity contribution in [2.24, 2.45) is 0 Å². The van der Waals surface area contributed by atoms with Crippen LogP contribution in [0.3, 0.4) is 0 Å². The monoisotopic (exact) mass is 449 g/mol. The predicted molar refractivity (Wildman–Crippen MR) is 94.1 cm³/mol. The van der Waals surface area contributed by atoms with Crippen LogP contribution in [-0.2, 0) is 22.4 Å². The van der Waals surface area contributed by atoms with E-state index in [4.69, 9.17) is 4.74 Å². The molecule has 0 aliphatic heterocycles. The number of nitrogens with one attached hydrogen (secondary N) is 1. The number of alkyl halides is 3. The smallest absolute Gasteiger partial charge is 0.360 e. The van der Waals surface area contributed by atoms with Crippen molar-refractivity contribution in [2.45, 2.75) is 51.6 Å². The average Bonchev–Trinajstić information content (AvgIpc) is 3.23. The zero-order chi connectivity index (χ0) is 19.8. The first-order valence-corrected chi connectivity index (χ1v) is 9.27. The van der Waals surface area contributed by atoms with Crippen molar-refractivity contribution in [3.63, 3.8) is 0 Å². The minimum absolute atomic E-state index is 0.0211. The number of carbonyl (C=O) groups is 1. The molecule has 1 aliphatic carbocycles. The van der Waals surface area contributed by atoms with Gasteiger partial charge in [0.1, 0.15) is 12.8 Å². The van der Waals surface area contributed by atoms with Gasteiger partial charge in [0, 0.05) is 12.5 Å². The maximum atomic E-state index is 13.2. The van der Waals surface area contributed by atoms with E-state index in [2.05, 4.69) is 31.4 Å². The van der Waals surface area contributed by atoms with Crippen LogP contribution >= 0.6 is 15.9 Å². The highest BCUT2D eigenvalue weighted by Gasteiger charge is 2.43. The van der Waals surface area contributed by atoms with E-state index < -0.39 is 23.8 Å². The van der Waals surface area contributed by atoms with Crippen LogP contribution in [0.15, 0.2) is 16.9 Å². The molecular formula is C16H19BrF3N5O2. The van der Waals surface area contributed by atoms with Gasteiger partial charge in [0.15, 0.2) is 5.69 Å². The van der Waals surface area contributed by atoms with Crippen LogP contribution in [0.5, 0.6) is 0 Å². The molecule has 2 aromatic rings. The van der Waals surface area contributed by atoms with Crippen LogP contribution in [-0.4, -0.2) is 32.1 Å². The molecule has 1 amide bonds. The Morgan fingerprint density at radius 1 is 1.48 bits per heavy atom. The summed E-state index contributed by atoms with van der Waals surface area (Å²) in [6.45, 7) is 4.14. The first-order chi connectivity index (χ1) is 12.7. The first kappa shape index (κ1) is 19.9. The number of rotatable bonds is 7. The van der Waals surface area contributed by atoms with Gasteiger partial charge in [0.25, 0.3) is 0 Å². The molecule has 2 heterocycles. The Kier molecular flexibility index (Phi) is 5.61. The van der Waals surface area contributed by atoms with Gasteiger partial charge < -0.3 is 10.1 Å². The van der Waals surface area contributed by atoms with Crippen molar-refractivity contribution in [1.29, 1.82) is 0 Å². The number of hydrogen-bond donors (Lipinski definition) is 1. The maximum absolute atomic E-state index is 13.2. The van der Waals surface area contributed by atoms with Gasteiger partial charge in [0.2, 0.25) is 5.91 Å². The zero-order valence-electron chi connectivity index (χ0n) is 14.8. The molecule has 1 atom stereocenters. The second-order valence-electron chi connectivity index (χ2n) is 6.32. The minimum atomic E-state index is -4.59. The molecule has 0 radical (unpaired) electrons. The van der Waals surface area contributed by atoms with E-state index in [-0.39, 0.29) is 17.1 Å². The minimum Gasteiger partial charge on any atom is -0.360 e. The molecule has 27 heavy (non-hydrogen) atoms. The second kappa shape index (κ2) is 7.63. The van der Waals surface area contributed by atoms with Crippen LogP contribution in [0.1, 0.15) is 50.0 Å². The molecule has 0 bridgehead atoms. The molecule has 11 heteroatoms. The normalized spacial score (nSPS) is 15.8. The van der Waals surface area contributed by atoms with Crippen LogP contribution in [0.2, 0.25) is 0 Å². The Balaban J connectivity index is 1.79. The summed E-state index contributed by atoms with van der Waals surface area (Å²) in [5.74, 6) is -0.497. The van der Waals surface area contributed by atoms with Gasteiger partial charge in [-0.25, -0.2) is 4.68 Å². The largest absolute Gasteiger partial charge is 0.436 e. The van der Waals surface area contributed by atoms with Crippen LogP contribution in [0.25, 0.3) is 0 Å². The lowest BCUT2D eigenvalue weighted by Crippen LogP contribution is -2.26. The summed E-state index contributed by atoms with van der Waals surface area (Å²) in [5, 5.41) is 10.4. The fourth-order valence-electron chi connectivity index (χ4n) is 2.67. The molecule has 1 aliphatic rings. The van der Waals surface area contributed by atoms with Crippen LogP contribution < -0.4 is 5.32 Å². The second-order valence-corrected chi connectivity index (χ2v) is 7.11. The number of hydrogen-bond acceptors (Lipinski definition) is 4.